The number of hydrogen-bond acceptors (Lipinski definition) is 7. The van der Waals surface area contributed by atoms with E-state index in [0.717, 1.165) is 6.08 Å². The summed E-state index contributed by atoms with van der Waals surface area (Å²) in [5.41, 5.74) is 1.38. The molecule has 0 saturated carbocycles. The molecule has 2 aromatic heterocycles. The van der Waals surface area contributed by atoms with Gasteiger partial charge in [0.05, 0.1) is 23.7 Å². The van der Waals surface area contributed by atoms with Crippen LogP contribution in [0.3, 0.4) is 0 Å². The molecule has 1 aliphatic heterocycles. The van der Waals surface area contributed by atoms with Gasteiger partial charge in [0.15, 0.2) is 5.65 Å². The fraction of sp³-hybridized carbons (Fsp3) is 0.217. The van der Waals surface area contributed by atoms with Crippen molar-refractivity contribution in [2.45, 2.75) is 13.0 Å². The normalized spacial score (nSPS) is 13.9. The van der Waals surface area contributed by atoms with E-state index in [9.17, 15) is 14.4 Å². The number of rotatable bonds is 7. The van der Waals surface area contributed by atoms with Crippen molar-refractivity contribution in [3.8, 4) is 17.7 Å². The van der Waals surface area contributed by atoms with Crippen LogP contribution in [0.4, 0.5) is 5.69 Å². The molecule has 3 aromatic rings. The van der Waals surface area contributed by atoms with Crippen LogP contribution in [0.5, 0.6) is 11.6 Å². The molecule has 1 saturated heterocycles. The molecule has 34 heavy (non-hydrogen) atoms. The number of aromatic nitrogens is 3. The van der Waals surface area contributed by atoms with Gasteiger partial charge in [-0.2, -0.15) is 5.26 Å². The number of fused-ring (bicyclic) bond motifs is 1. The predicted molar refractivity (Wildman–Crippen MR) is 122 cm³/mol. The van der Waals surface area contributed by atoms with E-state index in [1.54, 1.807) is 31.2 Å². The Morgan fingerprint density at radius 3 is 2.91 bits per heavy atom. The number of benzene rings is 1. The number of aromatic amines is 1. The minimum atomic E-state index is -0.766. The van der Waals surface area contributed by atoms with E-state index in [-0.39, 0.29) is 34.7 Å². The molecule has 0 bridgehead atoms. The number of nitriles is 1. The number of H-pyrrole nitrogens is 1. The Balaban J connectivity index is 1.47. The summed E-state index contributed by atoms with van der Waals surface area (Å²) in [5.74, 6) is -0.716. The van der Waals surface area contributed by atoms with E-state index in [2.05, 4.69) is 38.2 Å². The minimum Gasteiger partial charge on any atom is -0.437 e. The molecule has 0 unspecified atom stereocenters. The first-order chi connectivity index (χ1) is 16.4. The lowest BCUT2D eigenvalue weighted by Crippen LogP contribution is -2.55. The summed E-state index contributed by atoms with van der Waals surface area (Å²) in [6.45, 7) is 5.74. The number of amides is 3. The molecule has 172 valence electrons. The lowest BCUT2D eigenvalue weighted by molar-refractivity contribution is -0.137. The van der Waals surface area contributed by atoms with E-state index < -0.39 is 11.9 Å². The molecule has 3 heterocycles. The Labute approximate surface area is 194 Å². The number of ether oxygens (including phenoxy) is 1. The summed E-state index contributed by atoms with van der Waals surface area (Å²) >= 11 is 0. The Morgan fingerprint density at radius 1 is 1.38 bits per heavy atom. The first-order valence-electron chi connectivity index (χ1n) is 10.4. The number of likely N-dealkylation sites (tertiary alicyclic amines) is 1. The van der Waals surface area contributed by atoms with Crippen molar-refractivity contribution >= 4 is 34.6 Å². The van der Waals surface area contributed by atoms with Crippen LogP contribution in [0.25, 0.3) is 11.2 Å². The molecule has 3 amide bonds. The second-order valence-corrected chi connectivity index (χ2v) is 7.70. The number of anilines is 1. The summed E-state index contributed by atoms with van der Waals surface area (Å²) in [6.07, 6.45) is 4.02. The highest BCUT2D eigenvalue weighted by Crippen LogP contribution is 2.25. The smallest absolute Gasteiger partial charge is 0.255 e. The Morgan fingerprint density at radius 2 is 2.18 bits per heavy atom. The molecule has 1 aromatic carbocycles. The zero-order valence-electron chi connectivity index (χ0n) is 18.2. The van der Waals surface area contributed by atoms with E-state index in [1.165, 1.54) is 17.3 Å². The third kappa shape index (κ3) is 4.71. The van der Waals surface area contributed by atoms with Gasteiger partial charge >= 0.3 is 0 Å². The van der Waals surface area contributed by atoms with Crippen LogP contribution in [0.2, 0.25) is 0 Å². The quantitative estimate of drug-likeness (QED) is 0.457. The van der Waals surface area contributed by atoms with Gasteiger partial charge in [0.25, 0.3) is 5.91 Å². The molecule has 0 aliphatic carbocycles. The number of nitrogens with one attached hydrogen (secondary N) is 3. The molecular weight excluding hydrogens is 438 g/mol. The largest absolute Gasteiger partial charge is 0.437 e. The maximum absolute atomic E-state index is 12.8. The fourth-order valence-electron chi connectivity index (χ4n) is 3.40. The van der Waals surface area contributed by atoms with Gasteiger partial charge in [-0.15, -0.1) is 0 Å². The van der Waals surface area contributed by atoms with Gasteiger partial charge in [-0.05, 0) is 25.1 Å². The van der Waals surface area contributed by atoms with Crippen LogP contribution in [0, 0.1) is 17.2 Å². The summed E-state index contributed by atoms with van der Waals surface area (Å²) in [4.78, 5) is 49.8. The van der Waals surface area contributed by atoms with Gasteiger partial charge < -0.3 is 25.3 Å². The second-order valence-electron chi connectivity index (χ2n) is 7.70. The highest BCUT2D eigenvalue weighted by atomic mass is 16.5. The number of nitrogens with zero attached hydrogens (tertiary/aromatic N) is 4. The summed E-state index contributed by atoms with van der Waals surface area (Å²) in [5, 5.41) is 14.2. The summed E-state index contributed by atoms with van der Waals surface area (Å²) in [6, 6.07) is 8.03. The van der Waals surface area contributed by atoms with Crippen LogP contribution < -0.4 is 15.4 Å². The van der Waals surface area contributed by atoms with E-state index in [4.69, 9.17) is 10.00 Å². The average molecular weight is 459 g/mol. The second kappa shape index (κ2) is 9.41. The van der Waals surface area contributed by atoms with Crippen LogP contribution >= 0.6 is 0 Å². The minimum absolute atomic E-state index is 0.139. The number of carbonyl (C=O) groups excluding carboxylic acids is 3. The van der Waals surface area contributed by atoms with Crippen LogP contribution in [-0.2, 0) is 9.59 Å². The van der Waals surface area contributed by atoms with Crippen LogP contribution in [0.1, 0.15) is 17.3 Å². The molecule has 11 heteroatoms. The van der Waals surface area contributed by atoms with E-state index in [1.807, 2.05) is 0 Å². The monoisotopic (exact) mass is 459 g/mol. The van der Waals surface area contributed by atoms with Crippen molar-refractivity contribution in [2.75, 3.05) is 18.4 Å². The molecule has 11 nitrogen and oxygen atoms in total. The molecule has 1 fully saturated rings. The lowest BCUT2D eigenvalue weighted by Gasteiger charge is -2.37. The standard InChI is InChI=1S/C23H21N7O4/c1-3-18(31)28-15-5-4-6-16(7-15)34-19-10-26-21-20(29-19)17(9-25-21)22(32)27-13(2)23(33)30-11-14(8-24)12-30/h3-7,9-10,13-14H,1,11-12H2,2H3,(H,25,26)(H,27,32)(H,28,31)/t13-/m1/s1. The third-order valence-corrected chi connectivity index (χ3v) is 5.21. The molecular formula is C23H21N7O4. The molecule has 1 atom stereocenters. The maximum atomic E-state index is 12.8. The number of hydrogen-bond donors (Lipinski definition) is 3. The zero-order chi connectivity index (χ0) is 24.2. The van der Waals surface area contributed by atoms with Crippen LogP contribution in [-0.4, -0.2) is 56.7 Å². The zero-order valence-corrected chi connectivity index (χ0v) is 18.2. The lowest BCUT2D eigenvalue weighted by atomic mass is 10.0. The van der Waals surface area contributed by atoms with E-state index >= 15 is 0 Å². The van der Waals surface area contributed by atoms with Crippen molar-refractivity contribution in [1.29, 1.82) is 5.26 Å². The van der Waals surface area contributed by atoms with Crippen LogP contribution in [0.15, 0.2) is 49.3 Å². The van der Waals surface area contributed by atoms with Crippen molar-refractivity contribution in [2.24, 2.45) is 5.92 Å². The summed E-state index contributed by atoms with van der Waals surface area (Å²) < 4.78 is 5.76. The van der Waals surface area contributed by atoms with Gasteiger partial charge in [0.2, 0.25) is 17.7 Å². The molecule has 0 spiro atoms. The molecule has 0 radical (unpaired) electrons. The Bertz CT molecular complexity index is 1320. The van der Waals surface area contributed by atoms with Crippen molar-refractivity contribution < 1.29 is 19.1 Å². The molecule has 4 rings (SSSR count). The van der Waals surface area contributed by atoms with Crippen molar-refractivity contribution in [3.63, 3.8) is 0 Å². The topological polar surface area (TPSA) is 153 Å². The Hall–Kier alpha value is -4.72. The van der Waals surface area contributed by atoms with Gasteiger partial charge in [0.1, 0.15) is 17.3 Å². The van der Waals surface area contributed by atoms with Gasteiger partial charge in [-0.1, -0.05) is 12.6 Å². The van der Waals surface area contributed by atoms with E-state index in [0.29, 0.717) is 30.2 Å². The maximum Gasteiger partial charge on any atom is 0.255 e. The Kier molecular flexibility index (Phi) is 6.22. The first kappa shape index (κ1) is 22.5. The van der Waals surface area contributed by atoms with Crippen molar-refractivity contribution in [3.05, 3.63) is 54.9 Å². The van der Waals surface area contributed by atoms with Crippen molar-refractivity contribution in [1.82, 2.24) is 25.2 Å². The highest BCUT2D eigenvalue weighted by Gasteiger charge is 2.33. The fourth-order valence-corrected chi connectivity index (χ4v) is 3.40. The molecule has 1 aliphatic rings. The van der Waals surface area contributed by atoms with Gasteiger partial charge in [0, 0.05) is 31.0 Å². The summed E-state index contributed by atoms with van der Waals surface area (Å²) in [7, 11) is 0. The van der Waals surface area contributed by atoms with Gasteiger partial charge in [-0.25, -0.2) is 9.97 Å². The SMILES string of the molecule is C=CC(=O)Nc1cccc(Oc2cnc3[nH]cc(C(=O)N[C@H](C)C(=O)N4CC(C#N)C4)c3n2)c1. The average Bonchev–Trinajstić information content (AvgIpc) is 3.21. The predicted octanol–water partition coefficient (Wildman–Crippen LogP) is 1.97. The third-order valence-electron chi connectivity index (χ3n) is 5.21. The van der Waals surface area contributed by atoms with Gasteiger partial charge in [-0.3, -0.25) is 14.4 Å². The highest BCUT2D eigenvalue weighted by molar-refractivity contribution is 6.06. The first-order valence-corrected chi connectivity index (χ1v) is 10.4. The number of carbonyl (C=O) groups is 3. The molecule has 3 N–H and O–H groups in total.